The van der Waals surface area contributed by atoms with Crippen molar-refractivity contribution in [2.45, 2.75) is 58.4 Å². The van der Waals surface area contributed by atoms with Gasteiger partial charge in [0.15, 0.2) is 11.6 Å². The Morgan fingerprint density at radius 1 is 1.11 bits per heavy atom. The molecule has 0 aromatic heterocycles. The predicted molar refractivity (Wildman–Crippen MR) is 107 cm³/mol. The van der Waals surface area contributed by atoms with Crippen LogP contribution in [0.4, 0.5) is 0 Å². The lowest BCUT2D eigenvalue weighted by Gasteiger charge is -2.37. The highest BCUT2D eigenvalue weighted by atomic mass is 28.4. The standard InChI is InChI=1S/C21H28O5Si/c1-12-8-14-16(11-25-12)20(23)18-15(19(14)22)9-13(10-17(18)24-5)26-27(6,7)21(2,3)4/h9-10,12H,8,11H2,1-7H3. The van der Waals surface area contributed by atoms with Crippen LogP contribution in [0.25, 0.3) is 0 Å². The molecule has 0 fully saturated rings. The van der Waals surface area contributed by atoms with Crippen molar-refractivity contribution in [3.8, 4) is 11.5 Å². The first-order valence-corrected chi connectivity index (χ1v) is 12.2. The van der Waals surface area contributed by atoms with Gasteiger partial charge in [-0.15, -0.1) is 0 Å². The number of fused-ring (bicyclic) bond motifs is 1. The Bertz CT molecular complexity index is 845. The second kappa shape index (κ2) is 6.60. The fourth-order valence-electron chi connectivity index (χ4n) is 3.20. The quantitative estimate of drug-likeness (QED) is 0.710. The number of hydrogen-bond donors (Lipinski definition) is 0. The predicted octanol–water partition coefficient (Wildman–Crippen LogP) is 4.56. The lowest BCUT2D eigenvalue weighted by molar-refractivity contribution is 0.0615. The van der Waals surface area contributed by atoms with Gasteiger partial charge in [0.05, 0.1) is 25.4 Å². The first-order valence-electron chi connectivity index (χ1n) is 9.30. The monoisotopic (exact) mass is 388 g/mol. The van der Waals surface area contributed by atoms with E-state index < -0.39 is 8.32 Å². The van der Waals surface area contributed by atoms with E-state index in [0.29, 0.717) is 40.2 Å². The summed E-state index contributed by atoms with van der Waals surface area (Å²) in [7, 11) is -0.588. The lowest BCUT2D eigenvalue weighted by atomic mass is 9.80. The molecule has 1 atom stereocenters. The Kier molecular flexibility index (Phi) is 4.85. The van der Waals surface area contributed by atoms with Gasteiger partial charge in [-0.2, -0.15) is 0 Å². The summed E-state index contributed by atoms with van der Waals surface area (Å²) < 4.78 is 17.4. The summed E-state index contributed by atoms with van der Waals surface area (Å²) in [5.41, 5.74) is 1.72. The molecule has 2 aliphatic rings. The summed E-state index contributed by atoms with van der Waals surface area (Å²) in [5.74, 6) is 0.670. The van der Waals surface area contributed by atoms with E-state index in [2.05, 4.69) is 33.9 Å². The van der Waals surface area contributed by atoms with E-state index in [4.69, 9.17) is 13.9 Å². The molecular weight excluding hydrogens is 360 g/mol. The number of carbonyl (C=O) groups excluding carboxylic acids is 2. The molecule has 0 amide bonds. The Morgan fingerprint density at radius 2 is 1.78 bits per heavy atom. The number of ether oxygens (including phenoxy) is 2. The van der Waals surface area contributed by atoms with Crippen LogP contribution in [-0.2, 0) is 4.74 Å². The highest BCUT2D eigenvalue weighted by molar-refractivity contribution is 6.74. The van der Waals surface area contributed by atoms with Gasteiger partial charge in [-0.3, -0.25) is 9.59 Å². The van der Waals surface area contributed by atoms with Crippen molar-refractivity contribution in [1.29, 1.82) is 0 Å². The number of benzene rings is 1. The molecule has 0 bridgehead atoms. The lowest BCUT2D eigenvalue weighted by Crippen LogP contribution is -2.44. The summed E-state index contributed by atoms with van der Waals surface area (Å²) in [5, 5.41) is 0.0157. The van der Waals surface area contributed by atoms with Crippen LogP contribution in [-0.4, -0.2) is 39.7 Å². The van der Waals surface area contributed by atoms with Crippen LogP contribution >= 0.6 is 0 Å². The molecule has 146 valence electrons. The van der Waals surface area contributed by atoms with Crippen LogP contribution in [0.3, 0.4) is 0 Å². The van der Waals surface area contributed by atoms with Crippen LogP contribution < -0.4 is 9.16 Å². The average Bonchev–Trinajstić information content (AvgIpc) is 2.57. The average molecular weight is 389 g/mol. The van der Waals surface area contributed by atoms with Crippen LogP contribution in [0, 0.1) is 0 Å². The molecule has 0 radical (unpaired) electrons. The number of carbonyl (C=O) groups is 2. The summed E-state index contributed by atoms with van der Waals surface area (Å²) in [6, 6.07) is 3.44. The maximum atomic E-state index is 13.2. The topological polar surface area (TPSA) is 61.8 Å². The zero-order valence-electron chi connectivity index (χ0n) is 17.2. The number of Topliss-reactive ketones (excluding diaryl/α,β-unsaturated/α-hetero) is 2. The highest BCUT2D eigenvalue weighted by Crippen LogP contribution is 2.42. The van der Waals surface area contributed by atoms with E-state index in [9.17, 15) is 9.59 Å². The normalized spacial score (nSPS) is 20.3. The zero-order chi connectivity index (χ0) is 20.1. The number of rotatable bonds is 3. The van der Waals surface area contributed by atoms with Gasteiger partial charge in [-0.1, -0.05) is 20.8 Å². The molecule has 1 aliphatic carbocycles. The fourth-order valence-corrected chi connectivity index (χ4v) is 4.21. The third-order valence-corrected chi connectivity index (χ3v) is 10.2. The van der Waals surface area contributed by atoms with Crippen LogP contribution in [0.2, 0.25) is 18.1 Å². The summed E-state index contributed by atoms with van der Waals surface area (Å²) in [6.07, 6.45) is 0.380. The zero-order valence-corrected chi connectivity index (χ0v) is 18.2. The summed E-state index contributed by atoms with van der Waals surface area (Å²) in [4.78, 5) is 26.2. The second-order valence-electron chi connectivity index (χ2n) is 8.85. The minimum atomic E-state index is -2.09. The molecule has 1 aromatic carbocycles. The summed E-state index contributed by atoms with van der Waals surface area (Å²) >= 11 is 0. The minimum Gasteiger partial charge on any atom is -0.543 e. The van der Waals surface area contributed by atoms with E-state index in [1.165, 1.54) is 7.11 Å². The molecule has 27 heavy (non-hydrogen) atoms. The maximum Gasteiger partial charge on any atom is 0.250 e. The van der Waals surface area contributed by atoms with Crippen molar-refractivity contribution in [2.75, 3.05) is 13.7 Å². The maximum absolute atomic E-state index is 13.2. The number of hydrogen-bond acceptors (Lipinski definition) is 5. The van der Waals surface area contributed by atoms with Gasteiger partial charge in [0.2, 0.25) is 8.32 Å². The van der Waals surface area contributed by atoms with Crippen molar-refractivity contribution in [2.24, 2.45) is 0 Å². The van der Waals surface area contributed by atoms with Gasteiger partial charge in [-0.25, -0.2) is 0 Å². The second-order valence-corrected chi connectivity index (χ2v) is 13.6. The van der Waals surface area contributed by atoms with E-state index in [1.807, 2.05) is 6.92 Å². The minimum absolute atomic E-state index is 0.0157. The molecule has 0 saturated carbocycles. The van der Waals surface area contributed by atoms with Gasteiger partial charge in [0, 0.05) is 29.2 Å². The van der Waals surface area contributed by atoms with E-state index >= 15 is 0 Å². The fraction of sp³-hybridized carbons (Fsp3) is 0.524. The molecule has 6 heteroatoms. The molecule has 0 spiro atoms. The Balaban J connectivity index is 2.10. The van der Waals surface area contributed by atoms with Gasteiger partial charge in [0.1, 0.15) is 11.5 Å². The van der Waals surface area contributed by atoms with Crippen molar-refractivity contribution >= 4 is 19.9 Å². The number of ketones is 2. The Labute approximate surface area is 161 Å². The van der Waals surface area contributed by atoms with Crippen LogP contribution in [0.1, 0.15) is 54.8 Å². The molecule has 1 unspecified atom stereocenters. The molecule has 1 heterocycles. The molecule has 3 rings (SSSR count). The third kappa shape index (κ3) is 3.36. The Hall–Kier alpha value is -1.92. The Morgan fingerprint density at radius 3 is 2.37 bits per heavy atom. The molecule has 1 aromatic rings. The van der Waals surface area contributed by atoms with Gasteiger partial charge in [0.25, 0.3) is 0 Å². The van der Waals surface area contributed by atoms with Crippen molar-refractivity contribution < 1.29 is 23.5 Å². The molecule has 0 N–H and O–H groups in total. The van der Waals surface area contributed by atoms with E-state index in [0.717, 1.165) is 0 Å². The van der Waals surface area contributed by atoms with Crippen molar-refractivity contribution in [3.63, 3.8) is 0 Å². The van der Waals surface area contributed by atoms with Gasteiger partial charge >= 0.3 is 0 Å². The first-order chi connectivity index (χ1) is 12.5. The summed E-state index contributed by atoms with van der Waals surface area (Å²) in [6.45, 7) is 12.8. The van der Waals surface area contributed by atoms with Crippen LogP contribution in [0.5, 0.6) is 11.5 Å². The smallest absolute Gasteiger partial charge is 0.250 e. The van der Waals surface area contributed by atoms with Crippen molar-refractivity contribution in [1.82, 2.24) is 0 Å². The van der Waals surface area contributed by atoms with Gasteiger partial charge < -0.3 is 13.9 Å². The third-order valence-electron chi connectivity index (χ3n) is 5.86. The van der Waals surface area contributed by atoms with Crippen LogP contribution in [0.15, 0.2) is 23.3 Å². The van der Waals surface area contributed by atoms with E-state index in [1.54, 1.807) is 12.1 Å². The highest BCUT2D eigenvalue weighted by Gasteiger charge is 2.41. The van der Waals surface area contributed by atoms with Crippen molar-refractivity contribution in [3.05, 3.63) is 34.4 Å². The van der Waals surface area contributed by atoms with Gasteiger partial charge in [-0.05, 0) is 31.1 Å². The molecule has 0 saturated heterocycles. The largest absolute Gasteiger partial charge is 0.543 e. The molecule has 1 aliphatic heterocycles. The SMILES string of the molecule is COc1cc(O[Si](C)(C)C(C)(C)C)cc2c1C(=O)C1=C(CC(C)OC1)C2=O. The molecular formula is C21H28O5Si. The molecule has 5 nitrogen and oxygen atoms in total. The number of methoxy groups -OCH3 is 1. The van der Waals surface area contributed by atoms with E-state index in [-0.39, 0.29) is 29.3 Å². The first kappa shape index (κ1) is 19.8.